The van der Waals surface area contributed by atoms with Gasteiger partial charge in [0, 0.05) is 28.2 Å². The van der Waals surface area contributed by atoms with Gasteiger partial charge in [0.25, 0.3) is 0 Å². The van der Waals surface area contributed by atoms with Gasteiger partial charge in [0.15, 0.2) is 0 Å². The number of hydrogen-bond donors (Lipinski definition) is 1. The molecule has 0 saturated carbocycles. The van der Waals surface area contributed by atoms with Crippen LogP contribution in [0.1, 0.15) is 13.8 Å². The first-order chi connectivity index (χ1) is 7.86. The molecule has 0 radical (unpaired) electrons. The SMILES string of the molecule is CC(N(O)C(C)S(=O)(=O)N(C)C)S(=O)(=O)N(C)C. The zero-order valence-electron chi connectivity index (χ0n) is 11.4. The molecule has 0 heterocycles. The Morgan fingerprint density at radius 3 is 1.17 bits per heavy atom. The maximum Gasteiger partial charge on any atom is 0.231 e. The normalized spacial score (nSPS) is 17.4. The van der Waals surface area contributed by atoms with Crippen molar-refractivity contribution in [1.29, 1.82) is 0 Å². The van der Waals surface area contributed by atoms with E-state index in [0.717, 1.165) is 8.61 Å². The fraction of sp³-hybridized carbons (Fsp3) is 1.00. The lowest BCUT2D eigenvalue weighted by atomic mass is 10.6. The van der Waals surface area contributed by atoms with Crippen LogP contribution in [0.3, 0.4) is 0 Å². The molecule has 1 N–H and O–H groups in total. The van der Waals surface area contributed by atoms with Gasteiger partial charge in [0.05, 0.1) is 0 Å². The van der Waals surface area contributed by atoms with Crippen molar-refractivity contribution in [3.05, 3.63) is 0 Å². The van der Waals surface area contributed by atoms with E-state index >= 15 is 0 Å². The van der Waals surface area contributed by atoms with E-state index in [2.05, 4.69) is 0 Å². The lowest BCUT2D eigenvalue weighted by Gasteiger charge is -2.30. The second kappa shape index (κ2) is 5.80. The van der Waals surface area contributed by atoms with Crippen molar-refractivity contribution in [3.63, 3.8) is 0 Å². The van der Waals surface area contributed by atoms with Gasteiger partial charge in [-0.15, -0.1) is 0 Å². The van der Waals surface area contributed by atoms with Crippen LogP contribution in [0.4, 0.5) is 0 Å². The molecule has 0 aromatic carbocycles. The highest BCUT2D eigenvalue weighted by Crippen LogP contribution is 2.16. The second-order valence-corrected chi connectivity index (χ2v) is 9.12. The predicted octanol–water partition coefficient (Wildman–Crippen LogP) is -0.848. The molecule has 0 aliphatic carbocycles. The average Bonchev–Trinajstić information content (AvgIpc) is 2.25. The molecule has 0 aromatic rings. The second-order valence-electron chi connectivity index (χ2n) is 4.23. The Balaban J connectivity index is 5.27. The van der Waals surface area contributed by atoms with Crippen molar-refractivity contribution in [3.8, 4) is 0 Å². The Labute approximate surface area is 109 Å². The van der Waals surface area contributed by atoms with E-state index in [4.69, 9.17) is 0 Å². The summed E-state index contributed by atoms with van der Waals surface area (Å²) < 4.78 is 49.0. The third-order valence-electron chi connectivity index (χ3n) is 2.63. The van der Waals surface area contributed by atoms with E-state index in [1.165, 1.54) is 42.0 Å². The highest BCUT2D eigenvalue weighted by atomic mass is 32.2. The molecule has 8 nitrogen and oxygen atoms in total. The van der Waals surface area contributed by atoms with E-state index in [-0.39, 0.29) is 0 Å². The van der Waals surface area contributed by atoms with Crippen molar-refractivity contribution < 1.29 is 22.0 Å². The largest absolute Gasteiger partial charge is 0.311 e. The Bertz CT molecular complexity index is 427. The summed E-state index contributed by atoms with van der Waals surface area (Å²) in [5, 5.41) is 7.37. The maximum absolute atomic E-state index is 11.8. The van der Waals surface area contributed by atoms with Crippen LogP contribution in [-0.4, -0.2) is 74.7 Å². The van der Waals surface area contributed by atoms with Gasteiger partial charge in [0.2, 0.25) is 20.0 Å². The molecule has 0 aliphatic heterocycles. The molecule has 0 aromatic heterocycles. The maximum atomic E-state index is 11.8. The smallest absolute Gasteiger partial charge is 0.231 e. The predicted molar refractivity (Wildman–Crippen MR) is 67.8 cm³/mol. The minimum Gasteiger partial charge on any atom is -0.311 e. The summed E-state index contributed by atoms with van der Waals surface area (Å²) in [5.41, 5.74) is 0. The molecule has 0 spiro atoms. The molecule has 110 valence electrons. The first kappa shape index (κ1) is 17.7. The van der Waals surface area contributed by atoms with Crippen LogP contribution in [0.25, 0.3) is 0 Å². The van der Waals surface area contributed by atoms with Crippen LogP contribution >= 0.6 is 0 Å². The number of hydrogen-bond acceptors (Lipinski definition) is 6. The molecule has 2 unspecified atom stereocenters. The van der Waals surface area contributed by atoms with Gasteiger partial charge >= 0.3 is 0 Å². The first-order valence-corrected chi connectivity index (χ1v) is 8.17. The lowest BCUT2D eigenvalue weighted by Crippen LogP contribution is -2.51. The molecule has 0 fully saturated rings. The van der Waals surface area contributed by atoms with Crippen molar-refractivity contribution in [2.75, 3.05) is 28.2 Å². The summed E-state index contributed by atoms with van der Waals surface area (Å²) in [5.74, 6) is 0. The highest BCUT2D eigenvalue weighted by molar-refractivity contribution is 7.90. The number of hydroxylamine groups is 2. The average molecular weight is 303 g/mol. The fourth-order valence-corrected chi connectivity index (χ4v) is 3.39. The Morgan fingerprint density at radius 2 is 1.00 bits per heavy atom. The molecular formula is C8H21N3O5S2. The molecule has 0 bridgehead atoms. The van der Waals surface area contributed by atoms with E-state index in [9.17, 15) is 22.0 Å². The molecule has 0 aliphatic rings. The third-order valence-corrected chi connectivity index (χ3v) is 6.82. The summed E-state index contributed by atoms with van der Waals surface area (Å²) in [6.45, 7) is 2.44. The minimum atomic E-state index is -3.78. The Morgan fingerprint density at radius 1 is 0.778 bits per heavy atom. The summed E-state index contributed by atoms with van der Waals surface area (Å²) in [6.07, 6.45) is 0. The molecule has 10 heteroatoms. The van der Waals surface area contributed by atoms with Crippen molar-refractivity contribution in [2.24, 2.45) is 0 Å². The van der Waals surface area contributed by atoms with Gasteiger partial charge in [-0.2, -0.15) is 5.06 Å². The highest BCUT2D eigenvalue weighted by Gasteiger charge is 2.37. The van der Waals surface area contributed by atoms with E-state index in [0.29, 0.717) is 5.06 Å². The molecule has 18 heavy (non-hydrogen) atoms. The number of nitrogens with zero attached hydrogens (tertiary/aromatic N) is 3. The molecule has 2 atom stereocenters. The quantitative estimate of drug-likeness (QED) is 0.642. The van der Waals surface area contributed by atoms with E-state index in [1.54, 1.807) is 0 Å². The fourth-order valence-electron chi connectivity index (χ4n) is 1.18. The summed E-state index contributed by atoms with van der Waals surface area (Å²) >= 11 is 0. The summed E-state index contributed by atoms with van der Waals surface area (Å²) in [4.78, 5) is 0. The van der Waals surface area contributed by atoms with Crippen LogP contribution in [-0.2, 0) is 20.0 Å². The van der Waals surface area contributed by atoms with Gasteiger partial charge in [-0.05, 0) is 13.8 Å². The summed E-state index contributed by atoms with van der Waals surface area (Å²) in [7, 11) is -2.32. The Kier molecular flexibility index (Phi) is 5.72. The van der Waals surface area contributed by atoms with Gasteiger partial charge < -0.3 is 5.21 Å². The van der Waals surface area contributed by atoms with Crippen molar-refractivity contribution >= 4 is 20.0 Å². The van der Waals surface area contributed by atoms with E-state index in [1.807, 2.05) is 0 Å². The number of sulfonamides is 2. The topological polar surface area (TPSA) is 98.2 Å². The van der Waals surface area contributed by atoms with Crippen LogP contribution in [0.2, 0.25) is 0 Å². The van der Waals surface area contributed by atoms with E-state index < -0.39 is 30.8 Å². The number of rotatable bonds is 6. The first-order valence-electron chi connectivity index (χ1n) is 5.16. The van der Waals surface area contributed by atoms with Gasteiger partial charge in [-0.3, -0.25) is 0 Å². The van der Waals surface area contributed by atoms with Gasteiger partial charge in [-0.1, -0.05) is 0 Å². The molecule has 0 amide bonds. The van der Waals surface area contributed by atoms with Gasteiger partial charge in [0.1, 0.15) is 10.7 Å². The van der Waals surface area contributed by atoms with Crippen molar-refractivity contribution in [2.45, 2.75) is 24.6 Å². The minimum absolute atomic E-state index is 0.324. The van der Waals surface area contributed by atoms with Crippen LogP contribution in [0.15, 0.2) is 0 Å². The molecular weight excluding hydrogens is 282 g/mol. The van der Waals surface area contributed by atoms with Crippen LogP contribution in [0.5, 0.6) is 0 Å². The van der Waals surface area contributed by atoms with Crippen LogP contribution in [0, 0.1) is 0 Å². The monoisotopic (exact) mass is 303 g/mol. The summed E-state index contributed by atoms with van der Waals surface area (Å²) in [6, 6.07) is 0. The zero-order valence-corrected chi connectivity index (χ0v) is 13.0. The lowest BCUT2D eigenvalue weighted by molar-refractivity contribution is -0.109. The molecule has 0 rings (SSSR count). The Hall–Kier alpha value is -0.260. The van der Waals surface area contributed by atoms with Crippen molar-refractivity contribution in [1.82, 2.24) is 13.7 Å². The van der Waals surface area contributed by atoms with Gasteiger partial charge in [-0.25, -0.2) is 25.4 Å². The zero-order chi connectivity index (χ0) is 14.9. The molecule has 0 saturated heterocycles. The van der Waals surface area contributed by atoms with Crippen LogP contribution < -0.4 is 0 Å². The standard InChI is InChI=1S/C8H21N3O5S2/c1-7(17(13,14)9(3)4)11(12)8(2)18(15,16)10(5)6/h7-8,12H,1-6H3. The third kappa shape index (κ3) is 3.39.